The normalized spacial score (nSPS) is 12.4. The zero-order valence-electron chi connectivity index (χ0n) is 13.6. The van der Waals surface area contributed by atoms with E-state index in [9.17, 15) is 19.8 Å². The molecule has 0 aromatic heterocycles. The Morgan fingerprint density at radius 2 is 1.56 bits per heavy atom. The Morgan fingerprint density at radius 3 is 2.12 bits per heavy atom. The molecular formula is C19H19N2O4-. The van der Waals surface area contributed by atoms with E-state index in [1.165, 1.54) is 0 Å². The smallest absolute Gasteiger partial charge is 0.326 e. The first-order valence-electron chi connectivity index (χ1n) is 7.85. The fraction of sp³-hybridized carbons (Fsp3) is 0.211. The van der Waals surface area contributed by atoms with E-state index < -0.39 is 23.8 Å². The van der Waals surface area contributed by atoms with Gasteiger partial charge in [-0.3, -0.25) is 9.79 Å². The minimum atomic E-state index is -1.13. The van der Waals surface area contributed by atoms with E-state index in [1.54, 1.807) is 36.4 Å². The summed E-state index contributed by atoms with van der Waals surface area (Å²) in [6.07, 6.45) is 0.278. The summed E-state index contributed by atoms with van der Waals surface area (Å²) in [7, 11) is 0. The number of hydrogen-bond donors (Lipinski definition) is 2. The third-order valence-electron chi connectivity index (χ3n) is 3.51. The Balaban J connectivity index is 1.88. The van der Waals surface area contributed by atoms with Gasteiger partial charge >= 0.3 is 5.97 Å². The summed E-state index contributed by atoms with van der Waals surface area (Å²) in [5, 5.41) is 23.4. The van der Waals surface area contributed by atoms with Gasteiger partial charge in [0.1, 0.15) is 12.6 Å². The molecule has 0 fully saturated rings. The molecule has 0 saturated heterocycles. The van der Waals surface area contributed by atoms with Crippen molar-refractivity contribution >= 4 is 17.8 Å². The van der Waals surface area contributed by atoms with Gasteiger partial charge in [0.2, 0.25) is 5.91 Å². The average Bonchev–Trinajstić information content (AvgIpc) is 2.61. The lowest BCUT2D eigenvalue weighted by molar-refractivity contribution is -0.218. The van der Waals surface area contributed by atoms with Crippen molar-refractivity contribution in [1.82, 2.24) is 5.32 Å². The molecule has 1 atom stereocenters. The van der Waals surface area contributed by atoms with Gasteiger partial charge in [0.15, 0.2) is 0 Å². The van der Waals surface area contributed by atoms with Crippen molar-refractivity contribution in [3.8, 4) is 0 Å². The predicted molar refractivity (Wildman–Crippen MR) is 92.2 cm³/mol. The zero-order valence-corrected chi connectivity index (χ0v) is 13.6. The van der Waals surface area contributed by atoms with E-state index in [1.807, 2.05) is 24.3 Å². The number of benzene rings is 2. The van der Waals surface area contributed by atoms with Crippen LogP contribution >= 0.6 is 0 Å². The van der Waals surface area contributed by atoms with Gasteiger partial charge in [-0.2, -0.15) is 0 Å². The van der Waals surface area contributed by atoms with Crippen molar-refractivity contribution < 1.29 is 19.8 Å². The summed E-state index contributed by atoms with van der Waals surface area (Å²) in [5.41, 5.74) is 1.61. The predicted octanol–water partition coefficient (Wildman–Crippen LogP) is 0.800. The molecule has 0 saturated carbocycles. The second-order valence-electron chi connectivity index (χ2n) is 5.52. The number of carbonyl (C=O) groups excluding carboxylic acids is 1. The Bertz CT molecular complexity index is 730. The van der Waals surface area contributed by atoms with E-state index in [-0.39, 0.29) is 19.4 Å². The number of nitrogens with zero attached hydrogens (tertiary/aromatic N) is 1. The van der Waals surface area contributed by atoms with Gasteiger partial charge in [0, 0.05) is 12.8 Å². The lowest BCUT2D eigenvalue weighted by Crippen LogP contribution is -2.43. The number of nitrogens with one attached hydrogen (secondary N) is 1. The number of hydrogen-bond acceptors (Lipinski definition) is 4. The molecule has 0 aliphatic carbocycles. The summed E-state index contributed by atoms with van der Waals surface area (Å²) >= 11 is 0. The highest BCUT2D eigenvalue weighted by molar-refractivity contribution is 5.86. The topological polar surface area (TPSA) is 102 Å². The fourth-order valence-corrected chi connectivity index (χ4v) is 2.28. The quantitative estimate of drug-likeness (QED) is 0.548. The molecule has 2 rings (SSSR count). The number of aliphatic carboxylic acids is 1. The van der Waals surface area contributed by atoms with Crippen LogP contribution in [0.25, 0.3) is 0 Å². The SMILES string of the molecule is O=C(CN=C([O-])Cc1ccccc1)NC(Cc1ccccc1)C(=O)O. The molecule has 25 heavy (non-hydrogen) atoms. The Kier molecular flexibility index (Phi) is 6.71. The van der Waals surface area contributed by atoms with E-state index in [2.05, 4.69) is 10.3 Å². The van der Waals surface area contributed by atoms with Gasteiger partial charge in [0.05, 0.1) is 0 Å². The zero-order chi connectivity index (χ0) is 18.1. The average molecular weight is 339 g/mol. The van der Waals surface area contributed by atoms with Crippen LogP contribution in [-0.4, -0.2) is 35.5 Å². The van der Waals surface area contributed by atoms with Crippen LogP contribution in [0.3, 0.4) is 0 Å². The maximum Gasteiger partial charge on any atom is 0.326 e. The van der Waals surface area contributed by atoms with Crippen LogP contribution in [0.15, 0.2) is 65.7 Å². The summed E-state index contributed by atoms with van der Waals surface area (Å²) in [4.78, 5) is 26.9. The van der Waals surface area contributed by atoms with Crippen LogP contribution in [0.1, 0.15) is 11.1 Å². The lowest BCUT2D eigenvalue weighted by atomic mass is 10.1. The Morgan fingerprint density at radius 1 is 1.00 bits per heavy atom. The highest BCUT2D eigenvalue weighted by Gasteiger charge is 2.19. The van der Waals surface area contributed by atoms with Crippen molar-refractivity contribution in [2.45, 2.75) is 18.9 Å². The Hall–Kier alpha value is -3.15. The number of carboxylic acids is 1. The van der Waals surface area contributed by atoms with Crippen LogP contribution in [0.2, 0.25) is 0 Å². The lowest BCUT2D eigenvalue weighted by Gasteiger charge is -2.15. The van der Waals surface area contributed by atoms with E-state index in [0.717, 1.165) is 11.1 Å². The molecule has 0 spiro atoms. The number of carbonyl (C=O) groups is 2. The van der Waals surface area contributed by atoms with Gasteiger partial charge in [0.25, 0.3) is 0 Å². The number of rotatable bonds is 8. The van der Waals surface area contributed by atoms with Crippen molar-refractivity contribution in [2.24, 2.45) is 4.99 Å². The molecule has 2 aromatic rings. The maximum absolute atomic E-state index is 11.9. The number of amides is 1. The molecule has 0 bridgehead atoms. The van der Waals surface area contributed by atoms with Crippen molar-refractivity contribution in [2.75, 3.05) is 6.54 Å². The highest BCUT2D eigenvalue weighted by Crippen LogP contribution is 2.04. The van der Waals surface area contributed by atoms with Gasteiger partial charge < -0.3 is 15.5 Å². The molecule has 1 amide bonds. The second-order valence-corrected chi connectivity index (χ2v) is 5.52. The first-order chi connectivity index (χ1) is 12.0. The molecule has 0 radical (unpaired) electrons. The van der Waals surface area contributed by atoms with Crippen molar-refractivity contribution in [3.63, 3.8) is 0 Å². The second kappa shape index (κ2) is 9.22. The van der Waals surface area contributed by atoms with Gasteiger partial charge in [-0.1, -0.05) is 60.7 Å². The van der Waals surface area contributed by atoms with E-state index in [4.69, 9.17) is 0 Å². The van der Waals surface area contributed by atoms with Crippen LogP contribution < -0.4 is 10.4 Å². The summed E-state index contributed by atoms with van der Waals surface area (Å²) in [6.45, 7) is -0.385. The van der Waals surface area contributed by atoms with Crippen LogP contribution in [0.4, 0.5) is 0 Å². The first kappa shape index (κ1) is 18.2. The summed E-state index contributed by atoms with van der Waals surface area (Å²) in [5.74, 6) is -2.14. The molecule has 1 unspecified atom stereocenters. The molecule has 0 aliphatic heterocycles. The molecule has 6 nitrogen and oxygen atoms in total. The van der Waals surface area contributed by atoms with Crippen LogP contribution in [0, 0.1) is 0 Å². The first-order valence-corrected chi connectivity index (χ1v) is 7.85. The van der Waals surface area contributed by atoms with Crippen LogP contribution in [0.5, 0.6) is 0 Å². The Labute approximate surface area is 145 Å². The molecule has 0 aliphatic rings. The van der Waals surface area contributed by atoms with Gasteiger partial charge in [-0.05, 0) is 17.0 Å². The monoisotopic (exact) mass is 339 g/mol. The number of aliphatic imine (C=N–C) groups is 1. The van der Waals surface area contributed by atoms with Crippen LogP contribution in [-0.2, 0) is 22.4 Å². The van der Waals surface area contributed by atoms with Crippen molar-refractivity contribution in [1.29, 1.82) is 0 Å². The van der Waals surface area contributed by atoms with Gasteiger partial charge in [-0.25, -0.2) is 4.79 Å². The van der Waals surface area contributed by atoms with E-state index in [0.29, 0.717) is 0 Å². The number of carboxylic acid groups (broad SMARTS) is 1. The summed E-state index contributed by atoms with van der Waals surface area (Å²) in [6, 6.07) is 17.0. The van der Waals surface area contributed by atoms with E-state index >= 15 is 0 Å². The fourth-order valence-electron chi connectivity index (χ4n) is 2.28. The molecular weight excluding hydrogens is 320 g/mol. The highest BCUT2D eigenvalue weighted by atomic mass is 16.4. The molecule has 0 heterocycles. The van der Waals surface area contributed by atoms with Gasteiger partial charge in [-0.15, -0.1) is 0 Å². The largest absolute Gasteiger partial charge is 0.862 e. The maximum atomic E-state index is 11.9. The molecule has 130 valence electrons. The molecule has 2 N–H and O–H groups in total. The van der Waals surface area contributed by atoms with Crippen molar-refractivity contribution in [3.05, 3.63) is 71.8 Å². The molecule has 2 aromatic carbocycles. The minimum absolute atomic E-state index is 0.112. The third-order valence-corrected chi connectivity index (χ3v) is 3.51. The molecule has 6 heteroatoms. The summed E-state index contributed by atoms with van der Waals surface area (Å²) < 4.78 is 0. The third kappa shape index (κ3) is 6.47. The standard InChI is InChI=1S/C19H20N2O4/c22-17(12-15-9-5-2-6-10-15)20-13-18(23)21-16(19(24)25)11-14-7-3-1-4-8-14/h1-10,16H,11-13H2,(H,20,22)(H,21,23)(H,24,25)/p-1. The minimum Gasteiger partial charge on any atom is -0.862 e.